The number of hydrogen-bond acceptors (Lipinski definition) is 3. The average molecular weight is 670 g/mol. The quantitative estimate of drug-likeness (QED) is 0.0481. The number of unbranched alkanes of at least 4 members (excludes halogenated alkanes) is 32. The Kier molecular flexibility index (Phi) is 45.1. The summed E-state index contributed by atoms with van der Waals surface area (Å²) in [5.74, 6) is -0.890. The first-order chi connectivity index (χ1) is 23.2. The Morgan fingerprint density at radius 3 is 0.854 bits per heavy atom. The van der Waals surface area contributed by atoms with Crippen LogP contribution in [0.5, 0.6) is 0 Å². The van der Waals surface area contributed by atoms with Gasteiger partial charge >= 0.3 is 18.9 Å². The number of carboxylic acids is 1. The van der Waals surface area contributed by atoms with Crippen LogP contribution in [-0.4, -0.2) is 30.0 Å². The van der Waals surface area contributed by atoms with Gasteiger partial charge in [-0.15, -0.1) is 0 Å². The van der Waals surface area contributed by atoms with E-state index in [1.807, 2.05) is 0 Å². The van der Waals surface area contributed by atoms with E-state index in [0.717, 1.165) is 25.9 Å². The Labute approximate surface area is 315 Å². The van der Waals surface area contributed by atoms with Crippen LogP contribution in [0, 0.1) is 0 Å². The molecule has 48 heavy (non-hydrogen) atoms. The fourth-order valence-corrected chi connectivity index (χ4v) is 7.49. The van der Waals surface area contributed by atoms with Crippen molar-refractivity contribution in [2.75, 3.05) is 13.1 Å². The van der Waals surface area contributed by atoms with Crippen LogP contribution < -0.4 is 24.0 Å². The molecule has 0 aromatic carbocycles. The van der Waals surface area contributed by atoms with Gasteiger partial charge in [-0.05, 0) is 45.2 Å². The number of aliphatic carboxylic acids is 1. The van der Waals surface area contributed by atoms with Crippen LogP contribution >= 0.6 is 0 Å². The minimum absolute atomic E-state index is 0. The molecule has 0 radical (unpaired) electrons. The van der Waals surface area contributed by atoms with E-state index in [0.29, 0.717) is 6.04 Å². The summed E-state index contributed by atoms with van der Waals surface area (Å²) in [5, 5.41) is 11.2. The van der Waals surface area contributed by atoms with Crippen molar-refractivity contribution < 1.29 is 28.8 Å². The summed E-state index contributed by atoms with van der Waals surface area (Å²) in [4.78, 5) is 13.8. The normalized spacial score (nSPS) is 12.1. The SMILES string of the molecule is CCCCCCCCCCCCCCCCCCCN(CCCCCCCCCCCCCCCCCCC)C(CC)CCC(=O)[O-].[Li+]. The molecule has 0 bridgehead atoms. The van der Waals surface area contributed by atoms with Crippen LogP contribution in [0.15, 0.2) is 0 Å². The molecule has 0 rings (SSSR count). The fraction of sp³-hybridized carbons (Fsp3) is 0.977. The molecule has 0 aliphatic rings. The Hall–Kier alpha value is 0.0274. The zero-order chi connectivity index (χ0) is 34.3. The molecule has 0 amide bonds. The maximum atomic E-state index is 11.2. The molecule has 282 valence electrons. The van der Waals surface area contributed by atoms with Gasteiger partial charge in [-0.1, -0.05) is 226 Å². The Morgan fingerprint density at radius 1 is 0.417 bits per heavy atom. The molecule has 0 aliphatic carbocycles. The zero-order valence-electron chi connectivity index (χ0n) is 33.9. The molecule has 0 aromatic heterocycles. The van der Waals surface area contributed by atoms with Crippen LogP contribution in [0.2, 0.25) is 0 Å². The second-order valence-electron chi connectivity index (χ2n) is 15.3. The summed E-state index contributed by atoms with van der Waals surface area (Å²) >= 11 is 0. The summed E-state index contributed by atoms with van der Waals surface area (Å²) in [6.45, 7) is 9.11. The molecule has 0 aliphatic heterocycles. The van der Waals surface area contributed by atoms with Crippen molar-refractivity contribution in [3.05, 3.63) is 0 Å². The third kappa shape index (κ3) is 38.8. The van der Waals surface area contributed by atoms with Gasteiger partial charge in [-0.2, -0.15) is 0 Å². The Balaban J connectivity index is 0. The van der Waals surface area contributed by atoms with Gasteiger partial charge in [0.25, 0.3) is 0 Å². The maximum absolute atomic E-state index is 11.2. The van der Waals surface area contributed by atoms with E-state index in [4.69, 9.17) is 0 Å². The number of rotatable bonds is 41. The van der Waals surface area contributed by atoms with Crippen LogP contribution in [0.3, 0.4) is 0 Å². The number of carbonyl (C=O) groups is 1. The molecular formula is C44H88LiNO2. The van der Waals surface area contributed by atoms with Crippen molar-refractivity contribution in [2.45, 2.75) is 264 Å². The van der Waals surface area contributed by atoms with Crippen molar-refractivity contribution in [1.82, 2.24) is 4.90 Å². The summed E-state index contributed by atoms with van der Waals surface area (Å²) in [6.07, 6.45) is 49.9. The number of carboxylic acid groups (broad SMARTS) is 1. The van der Waals surface area contributed by atoms with Crippen molar-refractivity contribution in [1.29, 1.82) is 0 Å². The molecule has 0 fully saturated rings. The largest absolute Gasteiger partial charge is 1.00 e. The zero-order valence-corrected chi connectivity index (χ0v) is 33.9. The van der Waals surface area contributed by atoms with Gasteiger partial charge in [-0.3, -0.25) is 0 Å². The number of carbonyl (C=O) groups excluding carboxylic acids is 1. The summed E-state index contributed by atoms with van der Waals surface area (Å²) in [7, 11) is 0. The maximum Gasteiger partial charge on any atom is 1.00 e. The molecule has 0 heterocycles. The molecule has 3 nitrogen and oxygen atoms in total. The topological polar surface area (TPSA) is 43.4 Å². The van der Waals surface area contributed by atoms with Crippen LogP contribution in [0.1, 0.15) is 258 Å². The first-order valence-electron chi connectivity index (χ1n) is 22.1. The molecule has 0 saturated heterocycles. The first-order valence-corrected chi connectivity index (χ1v) is 22.1. The molecule has 1 unspecified atom stereocenters. The summed E-state index contributed by atoms with van der Waals surface area (Å²) < 4.78 is 0. The Morgan fingerprint density at radius 2 is 0.646 bits per heavy atom. The molecule has 0 saturated carbocycles. The molecule has 0 spiro atoms. The van der Waals surface area contributed by atoms with Crippen LogP contribution in [-0.2, 0) is 4.79 Å². The van der Waals surface area contributed by atoms with E-state index >= 15 is 0 Å². The van der Waals surface area contributed by atoms with Crippen molar-refractivity contribution in [3.63, 3.8) is 0 Å². The van der Waals surface area contributed by atoms with Crippen molar-refractivity contribution in [2.24, 2.45) is 0 Å². The number of hydrogen-bond donors (Lipinski definition) is 0. The molecule has 4 heteroatoms. The predicted molar refractivity (Wildman–Crippen MR) is 208 cm³/mol. The van der Waals surface area contributed by atoms with Gasteiger partial charge in [-0.25, -0.2) is 0 Å². The second-order valence-corrected chi connectivity index (χ2v) is 15.3. The van der Waals surface area contributed by atoms with Crippen molar-refractivity contribution >= 4 is 5.97 Å². The molecule has 1 atom stereocenters. The van der Waals surface area contributed by atoms with Crippen LogP contribution in [0.4, 0.5) is 0 Å². The van der Waals surface area contributed by atoms with E-state index in [1.165, 1.54) is 218 Å². The number of nitrogens with zero attached hydrogens (tertiary/aromatic N) is 1. The van der Waals surface area contributed by atoms with E-state index in [9.17, 15) is 9.90 Å². The van der Waals surface area contributed by atoms with E-state index < -0.39 is 5.97 Å². The summed E-state index contributed by atoms with van der Waals surface area (Å²) in [5.41, 5.74) is 0. The molecular weight excluding hydrogens is 581 g/mol. The average Bonchev–Trinajstić information content (AvgIpc) is 3.07. The van der Waals surface area contributed by atoms with E-state index in [2.05, 4.69) is 25.7 Å². The molecule has 0 aromatic rings. The van der Waals surface area contributed by atoms with Gasteiger partial charge in [0.15, 0.2) is 0 Å². The smallest absolute Gasteiger partial charge is 0.550 e. The van der Waals surface area contributed by atoms with Gasteiger partial charge in [0.05, 0.1) is 0 Å². The van der Waals surface area contributed by atoms with E-state index in [-0.39, 0.29) is 25.3 Å². The minimum atomic E-state index is -0.890. The van der Waals surface area contributed by atoms with E-state index in [1.54, 1.807) is 0 Å². The predicted octanol–water partition coefficient (Wildman–Crippen LogP) is 10.9. The van der Waals surface area contributed by atoms with Gasteiger partial charge in [0, 0.05) is 12.0 Å². The Bertz CT molecular complexity index is 562. The van der Waals surface area contributed by atoms with Crippen LogP contribution in [0.25, 0.3) is 0 Å². The minimum Gasteiger partial charge on any atom is -0.550 e. The first kappa shape index (κ1) is 50.1. The van der Waals surface area contributed by atoms with Gasteiger partial charge in [0.1, 0.15) is 0 Å². The second kappa shape index (κ2) is 43.2. The fourth-order valence-electron chi connectivity index (χ4n) is 7.49. The monoisotopic (exact) mass is 670 g/mol. The van der Waals surface area contributed by atoms with Gasteiger partial charge < -0.3 is 14.8 Å². The van der Waals surface area contributed by atoms with Gasteiger partial charge in [0.2, 0.25) is 0 Å². The molecule has 0 N–H and O–H groups in total. The van der Waals surface area contributed by atoms with Crippen molar-refractivity contribution in [3.8, 4) is 0 Å². The summed E-state index contributed by atoms with van der Waals surface area (Å²) in [6, 6.07) is 0.398. The third-order valence-corrected chi connectivity index (χ3v) is 10.8. The standard InChI is InChI=1S/C44H89NO2.Li/c1-4-7-9-11-13-15-17-19-21-23-25-27-29-31-33-35-37-41-45(43(6-3)39-40-44(46)47)42-38-36-34-32-30-28-26-24-22-20-18-16-14-12-10-8-5-2;/h43H,4-42H2,1-3H3,(H,46,47);/q;+1/p-1. The third-order valence-electron chi connectivity index (χ3n) is 10.8.